The molecule has 6 nitrogen and oxygen atoms in total. The molecule has 0 saturated heterocycles. The van der Waals surface area contributed by atoms with Crippen molar-refractivity contribution in [2.75, 3.05) is 11.9 Å². The first-order valence-corrected chi connectivity index (χ1v) is 12.6. The van der Waals surface area contributed by atoms with Crippen LogP contribution in [-0.2, 0) is 24.2 Å². The Bertz CT molecular complexity index is 1260. The Morgan fingerprint density at radius 3 is 2.76 bits per heavy atom. The molecule has 0 fully saturated rings. The van der Waals surface area contributed by atoms with Crippen LogP contribution in [0, 0.1) is 11.6 Å². The molecule has 1 heterocycles. The number of fused-ring (bicyclic) bond motifs is 1. The second kappa shape index (κ2) is 12.0. The molecule has 1 aliphatic carbocycles. The number of hydrogen-bond donors (Lipinski definition) is 3. The van der Waals surface area contributed by atoms with E-state index in [2.05, 4.69) is 20.9 Å². The lowest BCUT2D eigenvalue weighted by atomic mass is 9.87. The molecule has 2 atom stereocenters. The molecule has 2 aromatic carbocycles. The predicted molar refractivity (Wildman–Crippen MR) is 134 cm³/mol. The molecule has 3 N–H and O–H groups in total. The highest BCUT2D eigenvalue weighted by atomic mass is 19.4. The molecule has 38 heavy (non-hydrogen) atoms. The van der Waals surface area contributed by atoms with E-state index in [1.165, 1.54) is 12.4 Å². The Balaban J connectivity index is 1.40. The van der Waals surface area contributed by atoms with Crippen molar-refractivity contribution in [3.05, 3.63) is 77.2 Å². The van der Waals surface area contributed by atoms with E-state index in [9.17, 15) is 26.7 Å². The summed E-state index contributed by atoms with van der Waals surface area (Å²) in [6, 6.07) is 8.55. The molecule has 11 heteroatoms. The third-order valence-corrected chi connectivity index (χ3v) is 6.54. The standard InChI is InChI=1S/C27H30F5N5O/c1-2-5-23(35-20-9-8-17-10-19(28)11-22(29)21(17)12-20)26(38)36-25-14-37(16-34-25)24-7-4-3-6-18(24)13-33-15-27(30,31)32/h3-4,6-7,10-11,14,16,20,23,33,35H,2,5,8-9,12-13,15H2,1H3,(H,36,38)/t20-,23-/m0/s1. The number of para-hydroxylation sites is 1. The average molecular weight is 536 g/mol. The van der Waals surface area contributed by atoms with E-state index in [4.69, 9.17) is 0 Å². The molecule has 1 aromatic heterocycles. The largest absolute Gasteiger partial charge is 0.401 e. The zero-order valence-corrected chi connectivity index (χ0v) is 20.9. The summed E-state index contributed by atoms with van der Waals surface area (Å²) in [5.74, 6) is -1.15. The summed E-state index contributed by atoms with van der Waals surface area (Å²) in [6.45, 7) is 0.864. The van der Waals surface area contributed by atoms with Crippen molar-refractivity contribution in [3.8, 4) is 5.69 Å². The first-order chi connectivity index (χ1) is 18.1. The number of imidazole rings is 1. The number of aryl methyl sites for hydroxylation is 1. The van der Waals surface area contributed by atoms with Crippen LogP contribution in [-0.4, -0.2) is 40.3 Å². The minimum Gasteiger partial charge on any atom is -0.308 e. The Morgan fingerprint density at radius 2 is 2.00 bits per heavy atom. The number of rotatable bonds is 10. The first kappa shape index (κ1) is 27.7. The van der Waals surface area contributed by atoms with Crippen molar-refractivity contribution in [3.63, 3.8) is 0 Å². The van der Waals surface area contributed by atoms with Crippen molar-refractivity contribution >= 4 is 11.7 Å². The summed E-state index contributed by atoms with van der Waals surface area (Å²) in [5, 5.41) is 8.53. The van der Waals surface area contributed by atoms with Crippen LogP contribution < -0.4 is 16.0 Å². The van der Waals surface area contributed by atoms with Crippen molar-refractivity contribution < 1.29 is 26.7 Å². The highest BCUT2D eigenvalue weighted by Crippen LogP contribution is 2.26. The van der Waals surface area contributed by atoms with Gasteiger partial charge in [-0.2, -0.15) is 13.2 Å². The summed E-state index contributed by atoms with van der Waals surface area (Å²) < 4.78 is 67.1. The maximum Gasteiger partial charge on any atom is 0.401 e. The summed E-state index contributed by atoms with van der Waals surface area (Å²) >= 11 is 0. The van der Waals surface area contributed by atoms with Gasteiger partial charge in [-0.1, -0.05) is 31.5 Å². The number of carbonyl (C=O) groups excluding carboxylic acids is 1. The Morgan fingerprint density at radius 1 is 1.21 bits per heavy atom. The Labute approximate surface area is 217 Å². The fourth-order valence-corrected chi connectivity index (χ4v) is 4.78. The van der Waals surface area contributed by atoms with Crippen LogP contribution in [0.3, 0.4) is 0 Å². The van der Waals surface area contributed by atoms with Crippen molar-refractivity contribution in [2.24, 2.45) is 0 Å². The lowest BCUT2D eigenvalue weighted by Gasteiger charge is -2.29. The predicted octanol–water partition coefficient (Wildman–Crippen LogP) is 5.06. The van der Waals surface area contributed by atoms with Crippen LogP contribution in [0.5, 0.6) is 0 Å². The molecular formula is C27H30F5N5O. The third-order valence-electron chi connectivity index (χ3n) is 6.54. The highest BCUT2D eigenvalue weighted by molar-refractivity contribution is 5.94. The quantitative estimate of drug-likeness (QED) is 0.318. The van der Waals surface area contributed by atoms with Crippen LogP contribution in [0.25, 0.3) is 5.69 Å². The van der Waals surface area contributed by atoms with Gasteiger partial charge < -0.3 is 20.5 Å². The summed E-state index contributed by atoms with van der Waals surface area (Å²) in [6.07, 6.45) is 1.60. The normalized spacial score (nSPS) is 16.2. The summed E-state index contributed by atoms with van der Waals surface area (Å²) in [4.78, 5) is 17.4. The van der Waals surface area contributed by atoms with Gasteiger partial charge in [0.05, 0.1) is 24.5 Å². The molecule has 0 aliphatic heterocycles. The number of nitrogens with zero attached hydrogens (tertiary/aromatic N) is 2. The fourth-order valence-electron chi connectivity index (χ4n) is 4.78. The lowest BCUT2D eigenvalue weighted by Crippen LogP contribution is -2.48. The van der Waals surface area contributed by atoms with Gasteiger partial charge >= 0.3 is 6.18 Å². The van der Waals surface area contributed by atoms with E-state index >= 15 is 0 Å². The van der Waals surface area contributed by atoms with E-state index < -0.39 is 30.4 Å². The lowest BCUT2D eigenvalue weighted by molar-refractivity contribution is -0.125. The minimum absolute atomic E-state index is 0.00972. The number of amides is 1. The van der Waals surface area contributed by atoms with Gasteiger partial charge in [0.1, 0.15) is 18.0 Å². The number of benzene rings is 2. The molecule has 1 amide bonds. The molecule has 4 rings (SSSR count). The fraction of sp³-hybridized carbons (Fsp3) is 0.407. The van der Waals surface area contributed by atoms with Crippen LogP contribution in [0.2, 0.25) is 0 Å². The number of anilines is 1. The van der Waals surface area contributed by atoms with Gasteiger partial charge in [-0.05, 0) is 54.5 Å². The molecule has 0 radical (unpaired) electrons. The van der Waals surface area contributed by atoms with Crippen molar-refractivity contribution in [2.45, 2.75) is 63.8 Å². The van der Waals surface area contributed by atoms with Crippen LogP contribution >= 0.6 is 0 Å². The molecule has 1 aliphatic rings. The monoisotopic (exact) mass is 535 g/mol. The topological polar surface area (TPSA) is 71.0 Å². The van der Waals surface area contributed by atoms with Gasteiger partial charge in [-0.25, -0.2) is 13.8 Å². The first-order valence-electron chi connectivity index (χ1n) is 12.6. The van der Waals surface area contributed by atoms with Gasteiger partial charge in [-0.3, -0.25) is 4.79 Å². The van der Waals surface area contributed by atoms with Crippen LogP contribution in [0.1, 0.15) is 42.9 Å². The van der Waals surface area contributed by atoms with E-state index in [0.29, 0.717) is 53.9 Å². The highest BCUT2D eigenvalue weighted by Gasteiger charge is 2.28. The van der Waals surface area contributed by atoms with Crippen LogP contribution in [0.15, 0.2) is 48.9 Å². The van der Waals surface area contributed by atoms with Gasteiger partial charge in [0.2, 0.25) is 5.91 Å². The van der Waals surface area contributed by atoms with Gasteiger partial charge in [-0.15, -0.1) is 0 Å². The average Bonchev–Trinajstić information content (AvgIpc) is 3.32. The number of carbonyl (C=O) groups is 1. The third kappa shape index (κ3) is 7.16. The van der Waals surface area contributed by atoms with Crippen molar-refractivity contribution in [1.29, 1.82) is 0 Å². The van der Waals surface area contributed by atoms with Gasteiger partial charge in [0, 0.05) is 18.7 Å². The molecular weight excluding hydrogens is 505 g/mol. The molecule has 0 unspecified atom stereocenters. The van der Waals surface area contributed by atoms with E-state index in [1.807, 2.05) is 6.92 Å². The molecule has 204 valence electrons. The number of halogens is 5. The number of alkyl halides is 3. The molecule has 0 bridgehead atoms. The maximum atomic E-state index is 14.3. The van der Waals surface area contributed by atoms with Gasteiger partial charge in [0.25, 0.3) is 0 Å². The number of nitrogens with one attached hydrogen (secondary N) is 3. The SMILES string of the molecule is CCC[C@H](N[C@H]1CCc2cc(F)cc(F)c2C1)C(=O)Nc1cn(-c2ccccc2CNCC(F)(F)F)cn1. The Kier molecular flexibility index (Phi) is 8.78. The zero-order valence-electron chi connectivity index (χ0n) is 20.9. The zero-order chi connectivity index (χ0) is 27.3. The number of aromatic nitrogens is 2. The maximum absolute atomic E-state index is 14.3. The van der Waals surface area contributed by atoms with Crippen LogP contribution in [0.4, 0.5) is 27.8 Å². The van der Waals surface area contributed by atoms with E-state index in [0.717, 1.165) is 12.5 Å². The second-order valence-corrected chi connectivity index (χ2v) is 9.48. The molecule has 0 spiro atoms. The smallest absolute Gasteiger partial charge is 0.308 e. The summed E-state index contributed by atoms with van der Waals surface area (Å²) in [7, 11) is 0. The van der Waals surface area contributed by atoms with E-state index in [1.54, 1.807) is 35.0 Å². The number of hydrogen-bond acceptors (Lipinski definition) is 4. The minimum atomic E-state index is -4.31. The molecule has 0 saturated carbocycles. The van der Waals surface area contributed by atoms with Crippen molar-refractivity contribution in [1.82, 2.24) is 20.2 Å². The van der Waals surface area contributed by atoms with Gasteiger partial charge in [0.15, 0.2) is 5.82 Å². The summed E-state index contributed by atoms with van der Waals surface area (Å²) in [5.41, 5.74) is 2.42. The van der Waals surface area contributed by atoms with E-state index in [-0.39, 0.29) is 18.5 Å². The molecule has 3 aromatic rings. The Hall–Kier alpha value is -3.31. The second-order valence-electron chi connectivity index (χ2n) is 9.48.